The summed E-state index contributed by atoms with van der Waals surface area (Å²) in [6.07, 6.45) is 0. The van der Waals surface area contributed by atoms with Crippen LogP contribution in [0.4, 0.5) is 5.69 Å². The quantitative estimate of drug-likeness (QED) is 0.774. The van der Waals surface area contributed by atoms with Gasteiger partial charge in [0.15, 0.2) is 5.78 Å². The fraction of sp³-hybridized carbons (Fsp3) is 0.100. The van der Waals surface area contributed by atoms with E-state index in [0.717, 1.165) is 4.90 Å². The number of hydrogen-bond acceptors (Lipinski definition) is 4. The van der Waals surface area contributed by atoms with Gasteiger partial charge in [0.25, 0.3) is 0 Å². The molecule has 0 spiro atoms. The lowest BCUT2D eigenvalue weighted by Gasteiger charge is -2.27. The summed E-state index contributed by atoms with van der Waals surface area (Å²) in [6.45, 7) is 2.66. The molecule has 0 N–H and O–H groups in total. The Hall–Kier alpha value is -3.05. The van der Waals surface area contributed by atoms with Crippen molar-refractivity contribution in [3.05, 3.63) is 76.0 Å². The first-order valence-electron chi connectivity index (χ1n) is 7.83. The maximum absolute atomic E-state index is 13.0. The zero-order valence-electron chi connectivity index (χ0n) is 14.1. The van der Waals surface area contributed by atoms with Gasteiger partial charge >= 0.3 is 0 Å². The molecule has 0 saturated carbocycles. The van der Waals surface area contributed by atoms with Crippen molar-refractivity contribution in [1.29, 1.82) is 0 Å². The monoisotopic (exact) mass is 367 g/mol. The van der Waals surface area contributed by atoms with Crippen LogP contribution in [0.2, 0.25) is 0 Å². The number of hydrogen-bond donors (Lipinski definition) is 0. The van der Waals surface area contributed by atoms with E-state index in [0.29, 0.717) is 11.3 Å². The van der Waals surface area contributed by atoms with Crippen LogP contribution >= 0.6 is 11.6 Å². The zero-order chi connectivity index (χ0) is 19.0. The molecule has 0 radical (unpaired) electrons. The first-order valence-corrected chi connectivity index (χ1v) is 8.20. The maximum Gasteiger partial charge on any atom is 0.228 e. The fourth-order valence-corrected chi connectivity index (χ4v) is 3.14. The van der Waals surface area contributed by atoms with E-state index in [-0.39, 0.29) is 27.6 Å². The first-order chi connectivity index (χ1) is 12.3. The van der Waals surface area contributed by atoms with Gasteiger partial charge in [0.1, 0.15) is 10.7 Å². The van der Waals surface area contributed by atoms with E-state index in [4.69, 9.17) is 11.6 Å². The Morgan fingerprint density at radius 1 is 0.885 bits per heavy atom. The van der Waals surface area contributed by atoms with Crippen LogP contribution in [0.15, 0.2) is 59.3 Å². The standard InChI is InChI=1S/C20H14ClNO4/c1-11(23)13-6-5-7-14(10-13)22(12(2)24)18-17(21)19(25)15-8-3-4-9-16(15)20(18)26/h3-10H,1-2H3. The summed E-state index contributed by atoms with van der Waals surface area (Å²) >= 11 is 6.20. The Labute approximate surface area is 154 Å². The second-order valence-electron chi connectivity index (χ2n) is 5.83. The lowest BCUT2D eigenvalue weighted by Crippen LogP contribution is -2.36. The minimum Gasteiger partial charge on any atom is -0.295 e. The Morgan fingerprint density at radius 3 is 2.08 bits per heavy atom. The van der Waals surface area contributed by atoms with Gasteiger partial charge in [0.05, 0.1) is 0 Å². The van der Waals surface area contributed by atoms with Crippen molar-refractivity contribution in [1.82, 2.24) is 0 Å². The summed E-state index contributed by atoms with van der Waals surface area (Å²) in [5, 5.41) is -0.322. The number of halogens is 1. The summed E-state index contributed by atoms with van der Waals surface area (Å²) < 4.78 is 0. The second-order valence-corrected chi connectivity index (χ2v) is 6.21. The molecule has 6 heteroatoms. The van der Waals surface area contributed by atoms with Crippen molar-refractivity contribution >= 4 is 40.5 Å². The van der Waals surface area contributed by atoms with Crippen molar-refractivity contribution in [3.63, 3.8) is 0 Å². The molecular weight excluding hydrogens is 354 g/mol. The van der Waals surface area contributed by atoms with Gasteiger partial charge in [0.2, 0.25) is 17.5 Å². The Kier molecular flexibility index (Phi) is 4.57. The van der Waals surface area contributed by atoms with E-state index in [1.807, 2.05) is 0 Å². The van der Waals surface area contributed by atoms with Gasteiger partial charge in [-0.05, 0) is 19.1 Å². The topological polar surface area (TPSA) is 71.5 Å². The minimum absolute atomic E-state index is 0.186. The highest BCUT2D eigenvalue weighted by Gasteiger charge is 2.36. The lowest BCUT2D eigenvalue weighted by molar-refractivity contribution is -0.116. The highest BCUT2D eigenvalue weighted by Crippen LogP contribution is 2.33. The molecule has 130 valence electrons. The first kappa shape index (κ1) is 17.8. The molecule has 0 unspecified atom stereocenters. The molecule has 1 aliphatic rings. The Bertz CT molecular complexity index is 1010. The molecular formula is C20H14ClNO4. The highest BCUT2D eigenvalue weighted by atomic mass is 35.5. The number of allylic oxidation sites excluding steroid dienone is 2. The van der Waals surface area contributed by atoms with Crippen LogP contribution in [0, 0.1) is 0 Å². The van der Waals surface area contributed by atoms with Crippen molar-refractivity contribution in [2.45, 2.75) is 13.8 Å². The van der Waals surface area contributed by atoms with E-state index >= 15 is 0 Å². The fourth-order valence-electron chi connectivity index (χ4n) is 2.86. The average molecular weight is 368 g/mol. The van der Waals surface area contributed by atoms with Gasteiger partial charge in [-0.25, -0.2) is 0 Å². The Balaban J connectivity index is 2.21. The van der Waals surface area contributed by atoms with Gasteiger partial charge in [0, 0.05) is 29.3 Å². The molecule has 1 aliphatic carbocycles. The molecule has 2 aromatic rings. The van der Waals surface area contributed by atoms with Crippen LogP contribution in [0.25, 0.3) is 0 Å². The molecule has 26 heavy (non-hydrogen) atoms. The molecule has 0 saturated heterocycles. The van der Waals surface area contributed by atoms with E-state index in [2.05, 4.69) is 0 Å². The van der Waals surface area contributed by atoms with E-state index in [1.54, 1.807) is 30.3 Å². The van der Waals surface area contributed by atoms with Crippen molar-refractivity contribution in [3.8, 4) is 0 Å². The number of anilines is 1. The van der Waals surface area contributed by atoms with Crippen molar-refractivity contribution < 1.29 is 19.2 Å². The number of carbonyl (C=O) groups excluding carboxylic acids is 4. The SMILES string of the molecule is CC(=O)c1cccc(N(C(C)=O)C2=C(Cl)C(=O)c3ccccc3C2=O)c1. The van der Waals surface area contributed by atoms with Crippen molar-refractivity contribution in [2.75, 3.05) is 4.90 Å². The maximum atomic E-state index is 13.0. The van der Waals surface area contributed by atoms with Gasteiger partial charge in [-0.2, -0.15) is 0 Å². The van der Waals surface area contributed by atoms with Crippen LogP contribution in [-0.2, 0) is 4.79 Å². The smallest absolute Gasteiger partial charge is 0.228 e. The molecule has 3 rings (SSSR count). The third-order valence-corrected chi connectivity index (χ3v) is 4.44. The predicted octanol–water partition coefficient (Wildman–Crippen LogP) is 3.77. The molecule has 0 fully saturated rings. The summed E-state index contributed by atoms with van der Waals surface area (Å²) in [5.41, 5.74) is 0.848. The number of amides is 1. The number of rotatable bonds is 3. The van der Waals surface area contributed by atoms with Crippen LogP contribution < -0.4 is 4.90 Å². The van der Waals surface area contributed by atoms with Crippen LogP contribution in [0.1, 0.15) is 44.9 Å². The minimum atomic E-state index is -0.522. The molecule has 0 atom stereocenters. The van der Waals surface area contributed by atoms with Gasteiger partial charge in [-0.15, -0.1) is 0 Å². The molecule has 2 aromatic carbocycles. The molecule has 5 nitrogen and oxygen atoms in total. The summed E-state index contributed by atoms with van der Waals surface area (Å²) in [7, 11) is 0. The zero-order valence-corrected chi connectivity index (χ0v) is 14.8. The number of carbonyl (C=O) groups is 4. The normalized spacial score (nSPS) is 13.5. The predicted molar refractivity (Wildman–Crippen MR) is 97.6 cm³/mol. The number of ketones is 3. The Morgan fingerprint density at radius 2 is 1.50 bits per heavy atom. The third kappa shape index (κ3) is 2.86. The molecule has 0 aromatic heterocycles. The highest BCUT2D eigenvalue weighted by molar-refractivity contribution is 6.50. The van der Waals surface area contributed by atoms with Crippen LogP contribution in [0.3, 0.4) is 0 Å². The lowest BCUT2D eigenvalue weighted by atomic mass is 9.91. The van der Waals surface area contributed by atoms with Gasteiger partial charge in [-0.1, -0.05) is 48.0 Å². The van der Waals surface area contributed by atoms with E-state index in [1.165, 1.54) is 32.0 Å². The summed E-state index contributed by atoms with van der Waals surface area (Å²) in [4.78, 5) is 50.6. The molecule has 0 heterocycles. The van der Waals surface area contributed by atoms with Gasteiger partial charge < -0.3 is 0 Å². The van der Waals surface area contributed by atoms with Gasteiger partial charge in [-0.3, -0.25) is 24.1 Å². The van der Waals surface area contributed by atoms with E-state index < -0.39 is 17.5 Å². The number of nitrogens with zero attached hydrogens (tertiary/aromatic N) is 1. The molecule has 0 aliphatic heterocycles. The van der Waals surface area contributed by atoms with Crippen LogP contribution in [0.5, 0.6) is 0 Å². The average Bonchev–Trinajstić information content (AvgIpc) is 2.63. The number of benzene rings is 2. The van der Waals surface area contributed by atoms with Crippen molar-refractivity contribution in [2.24, 2.45) is 0 Å². The summed E-state index contributed by atoms with van der Waals surface area (Å²) in [6, 6.07) is 12.6. The number of Topliss-reactive ketones (excluding diaryl/α,β-unsaturated/α-hetero) is 3. The van der Waals surface area contributed by atoms with E-state index in [9.17, 15) is 19.2 Å². The molecule has 1 amide bonds. The largest absolute Gasteiger partial charge is 0.295 e. The van der Waals surface area contributed by atoms with Crippen LogP contribution in [-0.4, -0.2) is 23.3 Å². The second kappa shape index (κ2) is 6.69. The number of fused-ring (bicyclic) bond motifs is 1. The molecule has 0 bridgehead atoms. The third-order valence-electron chi connectivity index (χ3n) is 4.09. The summed E-state index contributed by atoms with van der Waals surface area (Å²) in [5.74, 6) is -1.73.